The van der Waals surface area contributed by atoms with Crippen LogP contribution in [0.1, 0.15) is 111 Å². The molecule has 0 spiro atoms. The molecule has 0 bridgehead atoms. The SMILES string of the molecule is CCCCCCCCCC[C@H](O)[C@H](CCCCC(C)C)OC(C)=O. The molecule has 1 N–H and O–H groups in total. The van der Waals surface area contributed by atoms with Crippen molar-refractivity contribution in [3.63, 3.8) is 0 Å². The van der Waals surface area contributed by atoms with E-state index in [1.54, 1.807) is 0 Å². The highest BCUT2D eigenvalue weighted by molar-refractivity contribution is 5.66. The summed E-state index contributed by atoms with van der Waals surface area (Å²) in [5.41, 5.74) is 0. The van der Waals surface area contributed by atoms with Crippen molar-refractivity contribution in [1.29, 1.82) is 0 Å². The molecule has 0 saturated heterocycles. The quantitative estimate of drug-likeness (QED) is 0.275. The van der Waals surface area contributed by atoms with Crippen molar-refractivity contribution >= 4 is 5.97 Å². The molecular weight excluding hydrogens is 300 g/mol. The van der Waals surface area contributed by atoms with Crippen LogP contribution in [0.3, 0.4) is 0 Å². The number of carbonyl (C=O) groups excluding carboxylic acids is 1. The van der Waals surface area contributed by atoms with Gasteiger partial charge in [-0.2, -0.15) is 0 Å². The summed E-state index contributed by atoms with van der Waals surface area (Å²) < 4.78 is 5.35. The van der Waals surface area contributed by atoms with Gasteiger partial charge in [0, 0.05) is 6.92 Å². The predicted molar refractivity (Wildman–Crippen MR) is 102 cm³/mol. The van der Waals surface area contributed by atoms with Crippen LogP contribution in [0.5, 0.6) is 0 Å². The molecule has 0 rings (SSSR count). The Morgan fingerprint density at radius 3 is 1.88 bits per heavy atom. The fraction of sp³-hybridized carbons (Fsp3) is 0.952. The van der Waals surface area contributed by atoms with Crippen LogP contribution in [0.25, 0.3) is 0 Å². The van der Waals surface area contributed by atoms with E-state index >= 15 is 0 Å². The topological polar surface area (TPSA) is 46.5 Å². The Labute approximate surface area is 150 Å². The van der Waals surface area contributed by atoms with Crippen molar-refractivity contribution in [3.05, 3.63) is 0 Å². The monoisotopic (exact) mass is 342 g/mol. The van der Waals surface area contributed by atoms with Gasteiger partial charge in [-0.05, 0) is 25.2 Å². The lowest BCUT2D eigenvalue weighted by Gasteiger charge is -2.23. The number of rotatable bonds is 16. The molecule has 24 heavy (non-hydrogen) atoms. The molecule has 0 aliphatic heterocycles. The average molecular weight is 343 g/mol. The maximum Gasteiger partial charge on any atom is 0.302 e. The van der Waals surface area contributed by atoms with E-state index in [-0.39, 0.29) is 12.1 Å². The molecule has 0 saturated carbocycles. The van der Waals surface area contributed by atoms with Gasteiger partial charge in [-0.25, -0.2) is 0 Å². The van der Waals surface area contributed by atoms with E-state index in [1.807, 2.05) is 0 Å². The maximum atomic E-state index is 11.3. The molecule has 0 unspecified atom stereocenters. The summed E-state index contributed by atoms with van der Waals surface area (Å²) in [4.78, 5) is 11.3. The molecule has 0 fully saturated rings. The van der Waals surface area contributed by atoms with Gasteiger partial charge in [-0.1, -0.05) is 85.0 Å². The minimum atomic E-state index is -0.506. The Bertz CT molecular complexity index is 289. The average Bonchev–Trinajstić information content (AvgIpc) is 2.52. The third-order valence-corrected chi connectivity index (χ3v) is 4.62. The Kier molecular flexibility index (Phi) is 15.6. The summed E-state index contributed by atoms with van der Waals surface area (Å²) in [5.74, 6) is 0.429. The second-order valence-electron chi connectivity index (χ2n) is 7.66. The Morgan fingerprint density at radius 2 is 1.33 bits per heavy atom. The summed E-state index contributed by atoms with van der Waals surface area (Å²) in [5, 5.41) is 10.4. The highest BCUT2D eigenvalue weighted by Gasteiger charge is 2.21. The minimum Gasteiger partial charge on any atom is -0.460 e. The Balaban J connectivity index is 3.86. The lowest BCUT2D eigenvalue weighted by Crippen LogP contribution is -2.30. The highest BCUT2D eigenvalue weighted by Crippen LogP contribution is 2.18. The van der Waals surface area contributed by atoms with E-state index in [2.05, 4.69) is 20.8 Å². The third kappa shape index (κ3) is 15.0. The van der Waals surface area contributed by atoms with Gasteiger partial charge in [0.25, 0.3) is 0 Å². The number of aliphatic hydroxyl groups is 1. The fourth-order valence-corrected chi connectivity index (χ4v) is 3.11. The molecule has 3 heteroatoms. The van der Waals surface area contributed by atoms with Gasteiger partial charge in [-0.3, -0.25) is 4.79 Å². The first-order valence-electron chi connectivity index (χ1n) is 10.3. The van der Waals surface area contributed by atoms with E-state index in [9.17, 15) is 9.90 Å². The van der Waals surface area contributed by atoms with Crippen LogP contribution in [0.15, 0.2) is 0 Å². The number of esters is 1. The van der Waals surface area contributed by atoms with Crippen LogP contribution in [0.4, 0.5) is 0 Å². The first-order valence-corrected chi connectivity index (χ1v) is 10.3. The summed E-state index contributed by atoms with van der Waals surface area (Å²) >= 11 is 0. The van der Waals surface area contributed by atoms with E-state index in [0.717, 1.165) is 32.1 Å². The van der Waals surface area contributed by atoms with Crippen molar-refractivity contribution in [2.45, 2.75) is 123 Å². The van der Waals surface area contributed by atoms with Crippen molar-refractivity contribution in [2.24, 2.45) is 5.92 Å². The van der Waals surface area contributed by atoms with Gasteiger partial charge in [0.2, 0.25) is 0 Å². The molecule has 0 amide bonds. The number of aliphatic hydroxyl groups excluding tert-OH is 1. The summed E-state index contributed by atoms with van der Waals surface area (Å²) in [6, 6.07) is 0. The van der Waals surface area contributed by atoms with E-state index < -0.39 is 6.10 Å². The smallest absolute Gasteiger partial charge is 0.302 e. The van der Waals surface area contributed by atoms with Crippen molar-refractivity contribution in [2.75, 3.05) is 0 Å². The van der Waals surface area contributed by atoms with Crippen LogP contribution < -0.4 is 0 Å². The van der Waals surface area contributed by atoms with Gasteiger partial charge in [0.05, 0.1) is 6.10 Å². The molecule has 0 aromatic carbocycles. The van der Waals surface area contributed by atoms with E-state index in [1.165, 1.54) is 58.3 Å². The number of hydrogen-bond acceptors (Lipinski definition) is 3. The number of ether oxygens (including phenoxy) is 1. The van der Waals surface area contributed by atoms with Gasteiger partial charge in [0.1, 0.15) is 6.10 Å². The van der Waals surface area contributed by atoms with Gasteiger partial charge >= 0.3 is 5.97 Å². The zero-order valence-electron chi connectivity index (χ0n) is 16.7. The lowest BCUT2D eigenvalue weighted by molar-refractivity contribution is -0.153. The zero-order chi connectivity index (χ0) is 18.2. The van der Waals surface area contributed by atoms with Crippen molar-refractivity contribution in [3.8, 4) is 0 Å². The van der Waals surface area contributed by atoms with Gasteiger partial charge < -0.3 is 9.84 Å². The normalized spacial score (nSPS) is 13.9. The lowest BCUT2D eigenvalue weighted by atomic mass is 9.98. The fourth-order valence-electron chi connectivity index (χ4n) is 3.11. The predicted octanol–water partition coefficient (Wildman–Crippen LogP) is 6.03. The molecule has 0 aliphatic rings. The number of carbonyl (C=O) groups is 1. The first-order chi connectivity index (χ1) is 11.5. The molecular formula is C21H42O3. The Hall–Kier alpha value is -0.570. The second kappa shape index (κ2) is 15.9. The van der Waals surface area contributed by atoms with Crippen molar-refractivity contribution < 1.29 is 14.6 Å². The van der Waals surface area contributed by atoms with Crippen molar-refractivity contribution in [1.82, 2.24) is 0 Å². The molecule has 2 atom stereocenters. The van der Waals surface area contributed by atoms with E-state index in [4.69, 9.17) is 4.74 Å². The van der Waals surface area contributed by atoms with Crippen LogP contribution in [0, 0.1) is 5.92 Å². The second-order valence-corrected chi connectivity index (χ2v) is 7.66. The molecule has 144 valence electrons. The molecule has 3 nitrogen and oxygen atoms in total. The number of hydrogen-bond donors (Lipinski definition) is 1. The summed E-state index contributed by atoms with van der Waals surface area (Å²) in [7, 11) is 0. The van der Waals surface area contributed by atoms with Crippen LogP contribution in [-0.2, 0) is 9.53 Å². The molecule has 0 radical (unpaired) electrons. The van der Waals surface area contributed by atoms with Gasteiger partial charge in [0.15, 0.2) is 0 Å². The molecule has 0 aromatic heterocycles. The van der Waals surface area contributed by atoms with Crippen LogP contribution in [0.2, 0.25) is 0 Å². The third-order valence-electron chi connectivity index (χ3n) is 4.62. The van der Waals surface area contributed by atoms with E-state index in [0.29, 0.717) is 5.92 Å². The zero-order valence-corrected chi connectivity index (χ0v) is 16.7. The Morgan fingerprint density at radius 1 is 0.833 bits per heavy atom. The van der Waals surface area contributed by atoms with Crippen LogP contribution >= 0.6 is 0 Å². The molecule has 0 aliphatic carbocycles. The van der Waals surface area contributed by atoms with Gasteiger partial charge in [-0.15, -0.1) is 0 Å². The largest absolute Gasteiger partial charge is 0.460 e. The maximum absolute atomic E-state index is 11.3. The standard InChI is InChI=1S/C21H42O3/c1-5-6-7-8-9-10-11-12-16-20(23)21(24-19(4)22)17-14-13-15-18(2)3/h18,20-21,23H,5-17H2,1-4H3/t20-,21-/m0/s1. The first kappa shape index (κ1) is 23.4. The minimum absolute atomic E-state index is 0.279. The summed E-state index contributed by atoms with van der Waals surface area (Å²) in [6.45, 7) is 8.12. The molecule has 0 aromatic rings. The molecule has 0 heterocycles. The number of unbranched alkanes of at least 4 members (excludes halogenated alkanes) is 8. The summed E-state index contributed by atoms with van der Waals surface area (Å²) in [6.07, 6.45) is 14.1. The van der Waals surface area contributed by atoms with Crippen LogP contribution in [-0.4, -0.2) is 23.3 Å². The highest BCUT2D eigenvalue weighted by atomic mass is 16.6.